The number of unbranched alkanes of at least 4 members (excludes halogenated alkanes) is 1. The molecule has 0 saturated heterocycles. The number of rotatable bonds is 5. The molecular weight excluding hydrogens is 182 g/mol. The molecule has 0 aliphatic carbocycles. The number of nitrogens with zero attached hydrogens (tertiary/aromatic N) is 2. The topological polar surface area (TPSA) is 43.8 Å². The molecule has 0 radical (unpaired) electrons. The zero-order chi connectivity index (χ0) is 9.68. The van der Waals surface area contributed by atoms with Crippen molar-refractivity contribution in [1.29, 1.82) is 0 Å². The predicted molar refractivity (Wildman–Crippen MR) is 59.0 cm³/mol. The van der Waals surface area contributed by atoms with E-state index in [1.165, 1.54) is 12.2 Å². The minimum atomic E-state index is 0.809. The van der Waals surface area contributed by atoms with Gasteiger partial charge in [0.05, 0.1) is 6.20 Å². The number of hydrogen-bond acceptors (Lipinski definition) is 3. The summed E-state index contributed by atoms with van der Waals surface area (Å²) in [4.78, 5) is 0. The second-order valence-corrected chi connectivity index (χ2v) is 4.12. The van der Waals surface area contributed by atoms with Crippen molar-refractivity contribution in [2.24, 2.45) is 0 Å². The lowest BCUT2D eigenvalue weighted by Crippen LogP contribution is -2.05. The molecule has 0 amide bonds. The van der Waals surface area contributed by atoms with Gasteiger partial charge in [0.15, 0.2) is 0 Å². The SMILES string of the molecule is CSCCCCn1ncc(C)c1N. The van der Waals surface area contributed by atoms with Crippen molar-refractivity contribution >= 4 is 17.6 Å². The molecule has 1 rings (SSSR count). The van der Waals surface area contributed by atoms with E-state index in [0.29, 0.717) is 0 Å². The molecule has 0 aliphatic rings. The second kappa shape index (κ2) is 5.17. The van der Waals surface area contributed by atoms with Gasteiger partial charge in [0.25, 0.3) is 0 Å². The van der Waals surface area contributed by atoms with Crippen molar-refractivity contribution in [2.75, 3.05) is 17.7 Å². The lowest BCUT2D eigenvalue weighted by molar-refractivity contribution is 0.581. The van der Waals surface area contributed by atoms with Crippen molar-refractivity contribution in [2.45, 2.75) is 26.3 Å². The van der Waals surface area contributed by atoms with Crippen molar-refractivity contribution in [1.82, 2.24) is 9.78 Å². The highest BCUT2D eigenvalue weighted by Gasteiger charge is 2.01. The van der Waals surface area contributed by atoms with E-state index >= 15 is 0 Å². The van der Waals surface area contributed by atoms with E-state index in [1.54, 1.807) is 0 Å². The molecule has 1 heterocycles. The van der Waals surface area contributed by atoms with Gasteiger partial charge in [0, 0.05) is 12.1 Å². The highest BCUT2D eigenvalue weighted by atomic mass is 32.2. The summed E-state index contributed by atoms with van der Waals surface area (Å²) < 4.78 is 1.88. The van der Waals surface area contributed by atoms with E-state index in [0.717, 1.165) is 24.3 Å². The Labute approximate surface area is 83.7 Å². The minimum absolute atomic E-state index is 0.809. The summed E-state index contributed by atoms with van der Waals surface area (Å²) in [5.41, 5.74) is 6.89. The van der Waals surface area contributed by atoms with E-state index in [-0.39, 0.29) is 0 Å². The van der Waals surface area contributed by atoms with Crippen LogP contribution in [0.2, 0.25) is 0 Å². The molecule has 2 N–H and O–H groups in total. The van der Waals surface area contributed by atoms with Crippen LogP contribution in [0.15, 0.2) is 6.20 Å². The molecule has 4 heteroatoms. The Morgan fingerprint density at radius 3 is 2.85 bits per heavy atom. The highest BCUT2D eigenvalue weighted by Crippen LogP contribution is 2.10. The summed E-state index contributed by atoms with van der Waals surface area (Å²) >= 11 is 1.89. The average Bonchev–Trinajstić information content (AvgIpc) is 2.43. The molecule has 0 fully saturated rings. The van der Waals surface area contributed by atoms with Crippen molar-refractivity contribution in [3.05, 3.63) is 11.8 Å². The van der Waals surface area contributed by atoms with Crippen LogP contribution in [0.3, 0.4) is 0 Å². The summed E-state index contributed by atoms with van der Waals surface area (Å²) in [5, 5.41) is 4.20. The van der Waals surface area contributed by atoms with Gasteiger partial charge in [-0.25, -0.2) is 4.68 Å². The van der Waals surface area contributed by atoms with Gasteiger partial charge in [-0.1, -0.05) is 0 Å². The lowest BCUT2D eigenvalue weighted by Gasteiger charge is -2.03. The molecule has 74 valence electrons. The Morgan fingerprint density at radius 1 is 1.54 bits per heavy atom. The van der Waals surface area contributed by atoms with Gasteiger partial charge in [0.2, 0.25) is 0 Å². The standard InChI is InChI=1S/C9H17N3S/c1-8-7-11-12(9(8)10)5-3-4-6-13-2/h7H,3-6,10H2,1-2H3. The fourth-order valence-electron chi connectivity index (χ4n) is 1.17. The van der Waals surface area contributed by atoms with E-state index < -0.39 is 0 Å². The number of hydrogen-bond donors (Lipinski definition) is 1. The van der Waals surface area contributed by atoms with Crippen LogP contribution in [0.4, 0.5) is 5.82 Å². The van der Waals surface area contributed by atoms with Crippen LogP contribution in [0.25, 0.3) is 0 Å². The lowest BCUT2D eigenvalue weighted by atomic mass is 10.3. The molecule has 1 aromatic heterocycles. The van der Waals surface area contributed by atoms with Gasteiger partial charge in [-0.15, -0.1) is 0 Å². The molecule has 0 saturated carbocycles. The van der Waals surface area contributed by atoms with Crippen molar-refractivity contribution in [3.63, 3.8) is 0 Å². The molecule has 1 aromatic rings. The van der Waals surface area contributed by atoms with Crippen LogP contribution < -0.4 is 5.73 Å². The Morgan fingerprint density at radius 2 is 2.31 bits per heavy atom. The fourth-order valence-corrected chi connectivity index (χ4v) is 1.67. The summed E-state index contributed by atoms with van der Waals surface area (Å²) in [6.07, 6.45) is 6.35. The quantitative estimate of drug-likeness (QED) is 0.737. The van der Waals surface area contributed by atoms with Gasteiger partial charge in [-0.3, -0.25) is 0 Å². The minimum Gasteiger partial charge on any atom is -0.384 e. The zero-order valence-corrected chi connectivity index (χ0v) is 9.10. The number of aromatic nitrogens is 2. The Hall–Kier alpha value is -0.640. The predicted octanol–water partition coefficient (Wildman–Crippen LogP) is 1.92. The molecule has 13 heavy (non-hydrogen) atoms. The maximum atomic E-state index is 5.81. The number of nitrogens with two attached hydrogens (primary N) is 1. The van der Waals surface area contributed by atoms with Crippen LogP contribution in [0, 0.1) is 6.92 Å². The molecule has 3 nitrogen and oxygen atoms in total. The van der Waals surface area contributed by atoms with Crippen LogP contribution in [0.1, 0.15) is 18.4 Å². The first kappa shape index (κ1) is 10.4. The first-order valence-electron chi connectivity index (χ1n) is 4.52. The highest BCUT2D eigenvalue weighted by molar-refractivity contribution is 7.98. The Kier molecular flexibility index (Phi) is 4.15. The van der Waals surface area contributed by atoms with Crippen LogP contribution in [-0.2, 0) is 6.54 Å². The second-order valence-electron chi connectivity index (χ2n) is 3.14. The number of anilines is 1. The molecule has 0 aliphatic heterocycles. The van der Waals surface area contributed by atoms with Gasteiger partial charge in [0.1, 0.15) is 5.82 Å². The largest absolute Gasteiger partial charge is 0.384 e. The Bertz CT molecular complexity index is 257. The third-order valence-electron chi connectivity index (χ3n) is 2.04. The third-order valence-corrected chi connectivity index (χ3v) is 2.74. The maximum absolute atomic E-state index is 5.81. The van der Waals surface area contributed by atoms with E-state index in [1.807, 2.05) is 29.6 Å². The van der Waals surface area contributed by atoms with Gasteiger partial charge < -0.3 is 5.73 Å². The van der Waals surface area contributed by atoms with E-state index in [2.05, 4.69) is 11.4 Å². The fraction of sp³-hybridized carbons (Fsp3) is 0.667. The normalized spacial score (nSPS) is 10.6. The third kappa shape index (κ3) is 2.95. The Balaban J connectivity index is 2.32. The zero-order valence-electron chi connectivity index (χ0n) is 8.29. The van der Waals surface area contributed by atoms with Crippen LogP contribution in [-0.4, -0.2) is 21.8 Å². The summed E-state index contributed by atoms with van der Waals surface area (Å²) in [6, 6.07) is 0. The van der Waals surface area contributed by atoms with Crippen molar-refractivity contribution in [3.8, 4) is 0 Å². The summed E-state index contributed by atoms with van der Waals surface area (Å²) in [6.45, 7) is 2.93. The molecule has 0 spiro atoms. The molecule has 0 aromatic carbocycles. The monoisotopic (exact) mass is 199 g/mol. The first-order chi connectivity index (χ1) is 6.25. The van der Waals surface area contributed by atoms with Gasteiger partial charge in [-0.05, 0) is 31.8 Å². The molecule has 0 bridgehead atoms. The smallest absolute Gasteiger partial charge is 0.124 e. The van der Waals surface area contributed by atoms with E-state index in [4.69, 9.17) is 5.73 Å². The van der Waals surface area contributed by atoms with Crippen molar-refractivity contribution < 1.29 is 0 Å². The maximum Gasteiger partial charge on any atom is 0.124 e. The van der Waals surface area contributed by atoms with Gasteiger partial charge >= 0.3 is 0 Å². The number of nitrogen functional groups attached to an aromatic ring is 1. The summed E-state index contributed by atoms with van der Waals surface area (Å²) in [7, 11) is 0. The summed E-state index contributed by atoms with van der Waals surface area (Å²) in [5.74, 6) is 2.03. The molecule has 0 atom stereocenters. The first-order valence-corrected chi connectivity index (χ1v) is 5.92. The van der Waals surface area contributed by atoms with E-state index in [9.17, 15) is 0 Å². The molecular formula is C9H17N3S. The average molecular weight is 199 g/mol. The number of thioether (sulfide) groups is 1. The van der Waals surface area contributed by atoms with Crippen LogP contribution >= 0.6 is 11.8 Å². The molecule has 0 unspecified atom stereocenters. The van der Waals surface area contributed by atoms with Gasteiger partial charge in [-0.2, -0.15) is 16.9 Å². The van der Waals surface area contributed by atoms with Crippen LogP contribution in [0.5, 0.6) is 0 Å². The number of aryl methyl sites for hydroxylation is 2.